The highest BCUT2D eigenvalue weighted by molar-refractivity contribution is 7.98. The summed E-state index contributed by atoms with van der Waals surface area (Å²) in [6, 6.07) is 15.4. The van der Waals surface area contributed by atoms with Crippen LogP contribution < -0.4 is 0 Å². The van der Waals surface area contributed by atoms with E-state index in [9.17, 15) is 13.2 Å². The summed E-state index contributed by atoms with van der Waals surface area (Å²) in [6.45, 7) is 6.97. The Kier molecular flexibility index (Phi) is 7.40. The summed E-state index contributed by atoms with van der Waals surface area (Å²) in [5.41, 5.74) is 4.34. The summed E-state index contributed by atoms with van der Waals surface area (Å²) in [5.74, 6) is 0.751. The number of carbonyl (C=O) groups excluding carboxylic acids is 1. The van der Waals surface area contributed by atoms with E-state index in [1.807, 2.05) is 75.5 Å². The number of benzene rings is 2. The number of hydrogen-bond acceptors (Lipinski definition) is 5. The molecule has 1 amide bonds. The fourth-order valence-corrected chi connectivity index (χ4v) is 7.03. The van der Waals surface area contributed by atoms with Gasteiger partial charge in [-0.3, -0.25) is 9.78 Å². The van der Waals surface area contributed by atoms with Gasteiger partial charge in [-0.05, 0) is 67.8 Å². The lowest BCUT2D eigenvalue weighted by Gasteiger charge is -2.34. The number of carbonyl (C=O) groups is 1. The molecule has 34 heavy (non-hydrogen) atoms. The van der Waals surface area contributed by atoms with Crippen LogP contribution in [0.1, 0.15) is 32.6 Å². The van der Waals surface area contributed by atoms with Gasteiger partial charge in [-0.1, -0.05) is 23.8 Å². The number of aromatic nitrogens is 1. The fraction of sp³-hybridized carbons (Fsp3) is 0.308. The van der Waals surface area contributed by atoms with E-state index in [0.29, 0.717) is 36.6 Å². The lowest BCUT2D eigenvalue weighted by atomic mass is 10.1. The second kappa shape index (κ2) is 10.3. The van der Waals surface area contributed by atoms with Gasteiger partial charge in [0, 0.05) is 54.8 Å². The number of pyridine rings is 1. The summed E-state index contributed by atoms with van der Waals surface area (Å²) >= 11 is 1.70. The maximum absolute atomic E-state index is 13.3. The molecule has 1 saturated heterocycles. The van der Waals surface area contributed by atoms with Gasteiger partial charge in [-0.15, -0.1) is 11.8 Å². The van der Waals surface area contributed by atoms with E-state index in [-0.39, 0.29) is 5.91 Å². The second-order valence-corrected chi connectivity index (χ2v) is 11.5. The normalized spacial score (nSPS) is 14.9. The van der Waals surface area contributed by atoms with Gasteiger partial charge in [0.25, 0.3) is 5.91 Å². The van der Waals surface area contributed by atoms with Gasteiger partial charge in [-0.2, -0.15) is 4.31 Å². The largest absolute Gasteiger partial charge is 0.336 e. The Morgan fingerprint density at radius 2 is 1.62 bits per heavy atom. The number of nitrogens with zero attached hydrogens (tertiary/aromatic N) is 3. The van der Waals surface area contributed by atoms with Crippen molar-refractivity contribution in [2.45, 2.75) is 36.3 Å². The van der Waals surface area contributed by atoms with Crippen LogP contribution in [0.25, 0.3) is 0 Å². The van der Waals surface area contributed by atoms with E-state index in [1.165, 1.54) is 4.31 Å². The molecule has 0 spiro atoms. The zero-order valence-corrected chi connectivity index (χ0v) is 21.3. The van der Waals surface area contributed by atoms with Crippen molar-refractivity contribution in [2.75, 3.05) is 26.2 Å². The Morgan fingerprint density at radius 1 is 0.971 bits per heavy atom. The van der Waals surface area contributed by atoms with Crippen molar-refractivity contribution in [1.82, 2.24) is 14.2 Å². The van der Waals surface area contributed by atoms with Crippen LogP contribution in [0.5, 0.6) is 0 Å². The van der Waals surface area contributed by atoms with E-state index in [0.717, 1.165) is 32.9 Å². The Hall–Kier alpha value is -2.68. The van der Waals surface area contributed by atoms with Crippen LogP contribution >= 0.6 is 11.8 Å². The molecule has 3 aromatic rings. The SMILES string of the molecule is Cc1cc(C)c(S(=O)(=O)N2CCN(C(=O)c3ccc(SCc4cccnc4)cc3)CC2)c(C)c1. The maximum atomic E-state index is 13.3. The van der Waals surface area contributed by atoms with Gasteiger partial charge in [0.05, 0.1) is 4.90 Å². The first-order chi connectivity index (χ1) is 16.3. The summed E-state index contributed by atoms with van der Waals surface area (Å²) in [6.07, 6.45) is 3.61. The van der Waals surface area contributed by atoms with E-state index in [4.69, 9.17) is 0 Å². The first-order valence-electron chi connectivity index (χ1n) is 11.2. The first-order valence-corrected chi connectivity index (χ1v) is 13.7. The third-order valence-electron chi connectivity index (χ3n) is 5.96. The molecule has 2 heterocycles. The van der Waals surface area contributed by atoms with Gasteiger partial charge in [0.1, 0.15) is 0 Å². The minimum atomic E-state index is -3.60. The van der Waals surface area contributed by atoms with E-state index in [2.05, 4.69) is 4.98 Å². The highest BCUT2D eigenvalue weighted by Gasteiger charge is 2.32. The monoisotopic (exact) mass is 495 g/mol. The standard InChI is InChI=1S/C26H29N3O3S2/c1-19-15-20(2)25(21(3)16-19)34(31,32)29-13-11-28(12-14-29)26(30)23-6-8-24(9-7-23)33-18-22-5-4-10-27-17-22/h4-10,15-17H,11-14,18H2,1-3H3. The molecule has 0 saturated carbocycles. The molecule has 2 aromatic carbocycles. The number of thioether (sulfide) groups is 1. The molecule has 1 aliphatic rings. The van der Waals surface area contributed by atoms with Crippen LogP contribution in [-0.4, -0.2) is 54.7 Å². The van der Waals surface area contributed by atoms with E-state index in [1.54, 1.807) is 22.9 Å². The number of amides is 1. The third kappa shape index (κ3) is 5.35. The lowest BCUT2D eigenvalue weighted by molar-refractivity contribution is 0.0697. The number of rotatable bonds is 6. The van der Waals surface area contributed by atoms with Crippen molar-refractivity contribution >= 4 is 27.7 Å². The highest BCUT2D eigenvalue weighted by Crippen LogP contribution is 2.27. The number of aryl methyl sites for hydroxylation is 3. The van der Waals surface area contributed by atoms with Crippen LogP contribution in [-0.2, 0) is 15.8 Å². The van der Waals surface area contributed by atoms with Crippen molar-refractivity contribution in [3.63, 3.8) is 0 Å². The van der Waals surface area contributed by atoms with Gasteiger partial charge in [0.15, 0.2) is 0 Å². The van der Waals surface area contributed by atoms with Crippen LogP contribution in [0.2, 0.25) is 0 Å². The Morgan fingerprint density at radius 3 is 2.21 bits per heavy atom. The topological polar surface area (TPSA) is 70.6 Å². The number of hydrogen-bond donors (Lipinski definition) is 0. The fourth-order valence-electron chi connectivity index (χ4n) is 4.36. The first kappa shape index (κ1) is 24.4. The molecular weight excluding hydrogens is 466 g/mol. The number of sulfonamides is 1. The minimum Gasteiger partial charge on any atom is -0.336 e. The second-order valence-electron chi connectivity index (χ2n) is 8.60. The van der Waals surface area contributed by atoms with Crippen LogP contribution in [0.15, 0.2) is 70.7 Å². The van der Waals surface area contributed by atoms with Crippen molar-refractivity contribution in [3.8, 4) is 0 Å². The Balaban J connectivity index is 1.37. The predicted octanol–water partition coefficient (Wildman–Crippen LogP) is 4.45. The van der Waals surface area contributed by atoms with Crippen molar-refractivity contribution in [3.05, 3.63) is 88.7 Å². The lowest BCUT2D eigenvalue weighted by Crippen LogP contribution is -2.50. The smallest absolute Gasteiger partial charge is 0.253 e. The molecule has 1 aliphatic heterocycles. The molecule has 6 nitrogen and oxygen atoms in total. The summed E-state index contributed by atoms with van der Waals surface area (Å²) in [4.78, 5) is 20.3. The molecule has 0 radical (unpaired) electrons. The zero-order valence-electron chi connectivity index (χ0n) is 19.7. The van der Waals surface area contributed by atoms with Crippen molar-refractivity contribution < 1.29 is 13.2 Å². The molecule has 8 heteroatoms. The summed E-state index contributed by atoms with van der Waals surface area (Å²) in [7, 11) is -3.60. The molecule has 1 fully saturated rings. The number of piperazine rings is 1. The van der Waals surface area contributed by atoms with Crippen molar-refractivity contribution in [1.29, 1.82) is 0 Å². The average Bonchev–Trinajstić information content (AvgIpc) is 2.82. The summed E-state index contributed by atoms with van der Waals surface area (Å²) < 4.78 is 28.1. The van der Waals surface area contributed by atoms with Gasteiger partial charge in [0.2, 0.25) is 10.0 Å². The Labute approximate surface area is 206 Å². The zero-order chi connectivity index (χ0) is 24.3. The summed E-state index contributed by atoms with van der Waals surface area (Å²) in [5, 5.41) is 0. The van der Waals surface area contributed by atoms with Gasteiger partial charge < -0.3 is 4.90 Å². The van der Waals surface area contributed by atoms with Gasteiger partial charge in [-0.25, -0.2) is 8.42 Å². The molecule has 0 unspecified atom stereocenters. The molecule has 0 aliphatic carbocycles. The van der Waals surface area contributed by atoms with Crippen molar-refractivity contribution in [2.24, 2.45) is 0 Å². The van der Waals surface area contributed by atoms with Gasteiger partial charge >= 0.3 is 0 Å². The van der Waals surface area contributed by atoms with Crippen LogP contribution in [0.3, 0.4) is 0 Å². The van der Waals surface area contributed by atoms with Crippen LogP contribution in [0.4, 0.5) is 0 Å². The van der Waals surface area contributed by atoms with Crippen LogP contribution in [0, 0.1) is 20.8 Å². The molecular formula is C26H29N3O3S2. The Bertz CT molecular complexity index is 1250. The molecule has 0 bridgehead atoms. The van der Waals surface area contributed by atoms with E-state index < -0.39 is 10.0 Å². The molecule has 178 valence electrons. The maximum Gasteiger partial charge on any atom is 0.253 e. The third-order valence-corrected chi connectivity index (χ3v) is 9.25. The quantitative estimate of drug-likeness (QED) is 0.473. The molecule has 0 atom stereocenters. The highest BCUT2D eigenvalue weighted by atomic mass is 32.2. The predicted molar refractivity (Wildman–Crippen MR) is 136 cm³/mol. The molecule has 0 N–H and O–H groups in total. The minimum absolute atomic E-state index is 0.0662. The molecule has 4 rings (SSSR count). The van der Waals surface area contributed by atoms with E-state index >= 15 is 0 Å². The molecule has 1 aromatic heterocycles. The average molecular weight is 496 g/mol.